The summed E-state index contributed by atoms with van der Waals surface area (Å²) in [5, 5.41) is 6.71. The molecule has 1 aromatic carbocycles. The van der Waals surface area contributed by atoms with Crippen molar-refractivity contribution >= 4 is 5.91 Å². The van der Waals surface area contributed by atoms with Crippen LogP contribution in [0.25, 0.3) is 0 Å². The maximum absolute atomic E-state index is 12.6. The van der Waals surface area contributed by atoms with Gasteiger partial charge in [-0.3, -0.25) is 9.48 Å². The minimum atomic E-state index is -4.46. The number of nitrogens with zero attached hydrogens (tertiary/aromatic N) is 2. The molecule has 7 heteroatoms. The van der Waals surface area contributed by atoms with Gasteiger partial charge in [0.05, 0.1) is 23.5 Å². The van der Waals surface area contributed by atoms with Gasteiger partial charge in [-0.1, -0.05) is 6.07 Å². The second-order valence-corrected chi connectivity index (χ2v) is 4.66. The molecule has 112 valence electrons. The van der Waals surface area contributed by atoms with Gasteiger partial charge in [0.2, 0.25) is 0 Å². The van der Waals surface area contributed by atoms with Gasteiger partial charge in [-0.25, -0.2) is 0 Å². The monoisotopic (exact) mass is 297 g/mol. The maximum Gasteiger partial charge on any atom is 0.416 e. The molecule has 2 rings (SSSR count). The summed E-state index contributed by atoms with van der Waals surface area (Å²) in [6.07, 6.45) is -4.46. The van der Waals surface area contributed by atoms with Crippen LogP contribution in [-0.2, 0) is 19.8 Å². The van der Waals surface area contributed by atoms with Crippen LogP contribution < -0.4 is 5.32 Å². The first-order valence-electron chi connectivity index (χ1n) is 6.22. The molecule has 1 heterocycles. The van der Waals surface area contributed by atoms with E-state index in [1.54, 1.807) is 17.8 Å². The van der Waals surface area contributed by atoms with Crippen molar-refractivity contribution < 1.29 is 18.0 Å². The van der Waals surface area contributed by atoms with Gasteiger partial charge < -0.3 is 5.32 Å². The Balaban J connectivity index is 2.09. The molecule has 0 atom stereocenters. The van der Waals surface area contributed by atoms with E-state index in [-0.39, 0.29) is 12.1 Å². The standard InChI is InChI=1S/C14H14F3N3O/c1-9-6-12(20(2)19-9)8-18-13(21)10-4-3-5-11(7-10)14(15,16)17/h3-7H,8H2,1-2H3,(H,18,21). The van der Waals surface area contributed by atoms with Crippen LogP contribution in [-0.4, -0.2) is 15.7 Å². The Bertz CT molecular complexity index is 662. The fraction of sp³-hybridized carbons (Fsp3) is 0.286. The molecular weight excluding hydrogens is 283 g/mol. The number of hydrogen-bond acceptors (Lipinski definition) is 2. The van der Waals surface area contributed by atoms with Crippen LogP contribution >= 0.6 is 0 Å². The third-order valence-corrected chi connectivity index (χ3v) is 2.98. The minimum absolute atomic E-state index is 0.0243. The van der Waals surface area contributed by atoms with E-state index < -0.39 is 17.6 Å². The first kappa shape index (κ1) is 15.1. The highest BCUT2D eigenvalue weighted by atomic mass is 19.4. The third-order valence-electron chi connectivity index (χ3n) is 2.98. The lowest BCUT2D eigenvalue weighted by molar-refractivity contribution is -0.137. The van der Waals surface area contributed by atoms with E-state index in [2.05, 4.69) is 10.4 Å². The highest BCUT2D eigenvalue weighted by Gasteiger charge is 2.30. The number of aryl methyl sites for hydroxylation is 2. The molecule has 0 unspecified atom stereocenters. The van der Waals surface area contributed by atoms with Crippen molar-refractivity contribution in [3.63, 3.8) is 0 Å². The zero-order chi connectivity index (χ0) is 15.6. The number of nitrogens with one attached hydrogen (secondary N) is 1. The number of benzene rings is 1. The molecule has 0 fully saturated rings. The van der Waals surface area contributed by atoms with Gasteiger partial charge in [0, 0.05) is 12.6 Å². The zero-order valence-corrected chi connectivity index (χ0v) is 11.5. The molecule has 0 saturated carbocycles. The molecule has 21 heavy (non-hydrogen) atoms. The van der Waals surface area contributed by atoms with Crippen LogP contribution in [0.3, 0.4) is 0 Å². The van der Waals surface area contributed by atoms with Gasteiger partial charge in [-0.15, -0.1) is 0 Å². The summed E-state index contributed by atoms with van der Waals surface area (Å²) in [5.41, 5.74) is 0.712. The van der Waals surface area contributed by atoms with Crippen molar-refractivity contribution in [3.8, 4) is 0 Å². The van der Waals surface area contributed by atoms with Crippen LogP contribution in [0.15, 0.2) is 30.3 Å². The Morgan fingerprint density at radius 1 is 1.33 bits per heavy atom. The summed E-state index contributed by atoms with van der Waals surface area (Å²) in [6, 6.07) is 6.13. The fourth-order valence-corrected chi connectivity index (χ4v) is 1.94. The molecule has 1 aromatic heterocycles. The van der Waals surface area contributed by atoms with E-state index in [9.17, 15) is 18.0 Å². The molecule has 0 saturated heterocycles. The number of amides is 1. The van der Waals surface area contributed by atoms with Crippen molar-refractivity contribution in [2.24, 2.45) is 7.05 Å². The molecule has 0 aliphatic heterocycles. The van der Waals surface area contributed by atoms with Gasteiger partial charge in [-0.05, 0) is 31.2 Å². The Labute approximate surface area is 119 Å². The molecule has 0 radical (unpaired) electrons. The predicted octanol–water partition coefficient (Wildman–Crippen LogP) is 2.68. The van der Waals surface area contributed by atoms with Crippen LogP contribution in [0.5, 0.6) is 0 Å². The van der Waals surface area contributed by atoms with E-state index in [4.69, 9.17) is 0 Å². The average molecular weight is 297 g/mol. The summed E-state index contributed by atoms with van der Waals surface area (Å²) in [4.78, 5) is 11.9. The van der Waals surface area contributed by atoms with E-state index >= 15 is 0 Å². The second-order valence-electron chi connectivity index (χ2n) is 4.66. The smallest absolute Gasteiger partial charge is 0.346 e. The van der Waals surface area contributed by atoms with Gasteiger partial charge in [0.25, 0.3) is 5.91 Å². The van der Waals surface area contributed by atoms with Crippen LogP contribution in [0, 0.1) is 6.92 Å². The van der Waals surface area contributed by atoms with Crippen molar-refractivity contribution in [3.05, 3.63) is 52.8 Å². The molecule has 1 N–H and O–H groups in total. The van der Waals surface area contributed by atoms with Crippen molar-refractivity contribution in [1.82, 2.24) is 15.1 Å². The lowest BCUT2D eigenvalue weighted by Crippen LogP contribution is -2.24. The predicted molar refractivity (Wildman–Crippen MR) is 70.6 cm³/mol. The van der Waals surface area contributed by atoms with E-state index in [0.29, 0.717) is 0 Å². The molecular formula is C14H14F3N3O. The first-order valence-corrected chi connectivity index (χ1v) is 6.22. The van der Waals surface area contributed by atoms with Crippen molar-refractivity contribution in [1.29, 1.82) is 0 Å². The highest BCUT2D eigenvalue weighted by molar-refractivity contribution is 5.94. The molecule has 0 aliphatic rings. The number of aromatic nitrogens is 2. The topological polar surface area (TPSA) is 46.9 Å². The summed E-state index contributed by atoms with van der Waals surface area (Å²) in [5.74, 6) is -0.556. The zero-order valence-electron chi connectivity index (χ0n) is 11.5. The summed E-state index contributed by atoms with van der Waals surface area (Å²) in [7, 11) is 1.73. The minimum Gasteiger partial charge on any atom is -0.346 e. The molecule has 1 amide bonds. The Morgan fingerprint density at radius 3 is 2.62 bits per heavy atom. The third kappa shape index (κ3) is 3.62. The molecule has 0 aliphatic carbocycles. The number of halogens is 3. The maximum atomic E-state index is 12.6. The quantitative estimate of drug-likeness (QED) is 0.947. The van der Waals surface area contributed by atoms with Gasteiger partial charge in [0.15, 0.2) is 0 Å². The number of alkyl halides is 3. The summed E-state index contributed by atoms with van der Waals surface area (Å²) >= 11 is 0. The largest absolute Gasteiger partial charge is 0.416 e. The normalized spacial score (nSPS) is 11.5. The second kappa shape index (κ2) is 5.59. The summed E-state index contributed by atoms with van der Waals surface area (Å²) < 4.78 is 39.4. The van der Waals surface area contributed by atoms with Crippen molar-refractivity contribution in [2.75, 3.05) is 0 Å². The van der Waals surface area contributed by atoms with Gasteiger partial charge in [-0.2, -0.15) is 18.3 Å². The van der Waals surface area contributed by atoms with Gasteiger partial charge in [0.1, 0.15) is 0 Å². The van der Waals surface area contributed by atoms with E-state index in [1.807, 2.05) is 6.92 Å². The number of carbonyl (C=O) groups excluding carboxylic acids is 1. The fourth-order valence-electron chi connectivity index (χ4n) is 1.94. The van der Waals surface area contributed by atoms with Crippen LogP contribution in [0.2, 0.25) is 0 Å². The lowest BCUT2D eigenvalue weighted by atomic mass is 10.1. The Kier molecular flexibility index (Phi) is 4.02. The number of carbonyl (C=O) groups is 1. The Hall–Kier alpha value is -2.31. The first-order chi connectivity index (χ1) is 9.77. The number of hydrogen-bond donors (Lipinski definition) is 1. The van der Waals surface area contributed by atoms with Crippen molar-refractivity contribution in [2.45, 2.75) is 19.6 Å². The lowest BCUT2D eigenvalue weighted by Gasteiger charge is -2.09. The molecule has 0 spiro atoms. The average Bonchev–Trinajstić information content (AvgIpc) is 2.73. The van der Waals surface area contributed by atoms with Crippen LogP contribution in [0.4, 0.5) is 13.2 Å². The SMILES string of the molecule is Cc1cc(CNC(=O)c2cccc(C(F)(F)F)c2)n(C)n1. The molecule has 0 bridgehead atoms. The van der Waals surface area contributed by atoms with Crippen LogP contribution in [0.1, 0.15) is 27.3 Å². The molecule has 2 aromatic rings. The number of rotatable bonds is 3. The summed E-state index contributed by atoms with van der Waals surface area (Å²) in [6.45, 7) is 2.02. The highest BCUT2D eigenvalue weighted by Crippen LogP contribution is 2.29. The van der Waals surface area contributed by atoms with E-state index in [1.165, 1.54) is 12.1 Å². The van der Waals surface area contributed by atoms with Gasteiger partial charge >= 0.3 is 6.18 Å². The molecule has 4 nitrogen and oxygen atoms in total. The Morgan fingerprint density at radius 2 is 2.05 bits per heavy atom. The van der Waals surface area contributed by atoms with E-state index in [0.717, 1.165) is 23.5 Å².